The quantitative estimate of drug-likeness (QED) is 0.133. The Morgan fingerprint density at radius 2 is 1.10 bits per heavy atom. The third-order valence-electron chi connectivity index (χ3n) is 6.90. The van der Waals surface area contributed by atoms with E-state index in [1.165, 1.54) is 34.4 Å². The summed E-state index contributed by atoms with van der Waals surface area (Å²) in [5.74, 6) is -0.834. The molecule has 0 unspecified atom stereocenters. The van der Waals surface area contributed by atoms with Gasteiger partial charge < -0.3 is 14.4 Å². The van der Waals surface area contributed by atoms with E-state index in [2.05, 4.69) is 123 Å². The predicted octanol–water partition coefficient (Wildman–Crippen LogP) is 7.98. The highest BCUT2D eigenvalue weighted by molar-refractivity contribution is 5.82. The molecule has 0 saturated heterocycles. The van der Waals surface area contributed by atoms with E-state index in [1.54, 1.807) is 0 Å². The van der Waals surface area contributed by atoms with Gasteiger partial charge in [0.15, 0.2) is 0 Å². The van der Waals surface area contributed by atoms with Crippen LogP contribution in [0.4, 0.5) is 17.1 Å². The van der Waals surface area contributed by atoms with E-state index in [1.807, 2.05) is 0 Å². The summed E-state index contributed by atoms with van der Waals surface area (Å²) < 4.78 is 10.3. The van der Waals surface area contributed by atoms with Crippen LogP contribution in [0.3, 0.4) is 0 Å². The standard InChI is InChI=1S/C36H35NO4/c1-5-35(38)40-23-21-28-11-15-30(16-12-28)37(31-17-13-29(14-18-31)22-24-41-36(39)6-2)32-19-20-34(27(4)25-32)33-10-8-7-9-26(33)3/h5-20,25H,1-2,21-24H2,3-4H3. The number of esters is 2. The molecule has 0 heterocycles. The first-order valence-corrected chi connectivity index (χ1v) is 13.6. The molecule has 5 heteroatoms. The molecule has 0 amide bonds. The Bertz CT molecular complexity index is 1450. The first kappa shape index (κ1) is 29.1. The number of benzene rings is 4. The van der Waals surface area contributed by atoms with Gasteiger partial charge in [-0.2, -0.15) is 0 Å². The minimum Gasteiger partial charge on any atom is -0.462 e. The molecule has 0 N–H and O–H groups in total. The monoisotopic (exact) mass is 545 g/mol. The average molecular weight is 546 g/mol. The van der Waals surface area contributed by atoms with Crippen LogP contribution in [0.15, 0.2) is 116 Å². The van der Waals surface area contributed by atoms with Gasteiger partial charge in [-0.25, -0.2) is 9.59 Å². The number of hydrogen-bond acceptors (Lipinski definition) is 5. The van der Waals surface area contributed by atoms with Gasteiger partial charge in [0.1, 0.15) is 0 Å². The van der Waals surface area contributed by atoms with Gasteiger partial charge in [-0.3, -0.25) is 0 Å². The number of ether oxygens (including phenoxy) is 2. The topological polar surface area (TPSA) is 55.8 Å². The maximum absolute atomic E-state index is 11.4. The van der Waals surface area contributed by atoms with Crippen LogP contribution < -0.4 is 4.90 Å². The SMILES string of the molecule is C=CC(=O)OCCc1ccc(N(c2ccc(CCOC(=O)C=C)cc2)c2ccc(-c3ccccc3C)c(C)c2)cc1. The second-order valence-corrected chi connectivity index (χ2v) is 9.73. The highest BCUT2D eigenvalue weighted by Crippen LogP contribution is 2.37. The number of anilines is 3. The number of hydrogen-bond donors (Lipinski definition) is 0. The first-order valence-electron chi connectivity index (χ1n) is 13.6. The van der Waals surface area contributed by atoms with Crippen molar-refractivity contribution >= 4 is 29.0 Å². The number of carbonyl (C=O) groups is 2. The number of carbonyl (C=O) groups excluding carboxylic acids is 2. The number of nitrogens with zero attached hydrogens (tertiary/aromatic N) is 1. The van der Waals surface area contributed by atoms with E-state index in [-0.39, 0.29) is 0 Å². The van der Waals surface area contributed by atoms with Crippen molar-refractivity contribution in [3.05, 3.63) is 139 Å². The molecule has 0 saturated carbocycles. The highest BCUT2D eigenvalue weighted by atomic mass is 16.5. The summed E-state index contributed by atoms with van der Waals surface area (Å²) in [4.78, 5) is 25.0. The van der Waals surface area contributed by atoms with Gasteiger partial charge in [0.05, 0.1) is 13.2 Å². The smallest absolute Gasteiger partial charge is 0.330 e. The van der Waals surface area contributed by atoms with Gasteiger partial charge in [0.2, 0.25) is 0 Å². The molecule has 0 atom stereocenters. The van der Waals surface area contributed by atoms with Crippen molar-refractivity contribution in [3.63, 3.8) is 0 Å². The van der Waals surface area contributed by atoms with E-state index in [0.717, 1.165) is 28.2 Å². The molecule has 0 radical (unpaired) electrons. The van der Waals surface area contributed by atoms with Crippen molar-refractivity contribution in [3.8, 4) is 11.1 Å². The summed E-state index contributed by atoms with van der Waals surface area (Å²) in [5.41, 5.74) is 10.1. The van der Waals surface area contributed by atoms with Crippen LogP contribution in [0.2, 0.25) is 0 Å². The zero-order valence-corrected chi connectivity index (χ0v) is 23.6. The fourth-order valence-electron chi connectivity index (χ4n) is 4.69. The lowest BCUT2D eigenvalue weighted by Gasteiger charge is -2.27. The lowest BCUT2D eigenvalue weighted by molar-refractivity contribution is -0.138. The summed E-state index contributed by atoms with van der Waals surface area (Å²) in [6.45, 7) is 11.8. The molecule has 41 heavy (non-hydrogen) atoms. The van der Waals surface area contributed by atoms with Gasteiger partial charge in [0, 0.05) is 42.1 Å². The van der Waals surface area contributed by atoms with Crippen LogP contribution in [0.25, 0.3) is 11.1 Å². The van der Waals surface area contributed by atoms with Gasteiger partial charge in [-0.15, -0.1) is 0 Å². The molecule has 4 rings (SSSR count). The Hall–Kier alpha value is -4.90. The summed E-state index contributed by atoms with van der Waals surface area (Å²) >= 11 is 0. The van der Waals surface area contributed by atoms with Crippen LogP contribution in [0.5, 0.6) is 0 Å². The molecule has 5 nitrogen and oxygen atoms in total. The Balaban J connectivity index is 1.63. The van der Waals surface area contributed by atoms with E-state index in [0.29, 0.717) is 26.1 Å². The Morgan fingerprint density at radius 3 is 1.56 bits per heavy atom. The molecule has 0 aliphatic rings. The number of rotatable bonds is 12. The largest absolute Gasteiger partial charge is 0.462 e. The normalized spacial score (nSPS) is 10.5. The van der Waals surface area contributed by atoms with Crippen LogP contribution in [-0.2, 0) is 31.9 Å². The van der Waals surface area contributed by atoms with Crippen LogP contribution in [0, 0.1) is 13.8 Å². The second-order valence-electron chi connectivity index (χ2n) is 9.73. The van der Waals surface area contributed by atoms with Gasteiger partial charge in [-0.05, 0) is 83.6 Å². The molecule has 0 fully saturated rings. The van der Waals surface area contributed by atoms with E-state index in [9.17, 15) is 9.59 Å². The van der Waals surface area contributed by atoms with Crippen molar-refractivity contribution in [2.45, 2.75) is 26.7 Å². The van der Waals surface area contributed by atoms with Crippen molar-refractivity contribution in [1.82, 2.24) is 0 Å². The lowest BCUT2D eigenvalue weighted by atomic mass is 9.96. The van der Waals surface area contributed by atoms with Crippen molar-refractivity contribution in [1.29, 1.82) is 0 Å². The summed E-state index contributed by atoms with van der Waals surface area (Å²) in [6, 6.07) is 31.5. The van der Waals surface area contributed by atoms with Gasteiger partial charge >= 0.3 is 11.9 Å². The molecular formula is C36H35NO4. The molecule has 4 aromatic rings. The zero-order valence-electron chi connectivity index (χ0n) is 23.6. The Labute approximate surface area is 242 Å². The maximum Gasteiger partial charge on any atom is 0.330 e. The summed E-state index contributed by atoms with van der Waals surface area (Å²) in [6.07, 6.45) is 3.59. The molecule has 0 aliphatic heterocycles. The summed E-state index contributed by atoms with van der Waals surface area (Å²) in [5, 5.41) is 0. The number of aryl methyl sites for hydroxylation is 2. The Morgan fingerprint density at radius 1 is 0.634 bits per heavy atom. The van der Waals surface area contributed by atoms with E-state index in [4.69, 9.17) is 9.47 Å². The van der Waals surface area contributed by atoms with Crippen molar-refractivity contribution in [2.24, 2.45) is 0 Å². The van der Waals surface area contributed by atoms with Gasteiger partial charge in [0.25, 0.3) is 0 Å². The molecule has 0 aliphatic carbocycles. The second kappa shape index (κ2) is 13.9. The van der Waals surface area contributed by atoms with Crippen LogP contribution in [-0.4, -0.2) is 25.2 Å². The van der Waals surface area contributed by atoms with E-state index >= 15 is 0 Å². The fourth-order valence-corrected chi connectivity index (χ4v) is 4.69. The minimum atomic E-state index is -0.417. The fraction of sp³-hybridized carbons (Fsp3) is 0.167. The predicted molar refractivity (Wildman–Crippen MR) is 166 cm³/mol. The Kier molecular flexibility index (Phi) is 9.89. The maximum atomic E-state index is 11.4. The molecule has 208 valence electrons. The average Bonchev–Trinajstić information content (AvgIpc) is 2.99. The first-order chi connectivity index (χ1) is 19.9. The van der Waals surface area contributed by atoms with Crippen LogP contribution in [0.1, 0.15) is 22.3 Å². The van der Waals surface area contributed by atoms with Crippen molar-refractivity contribution < 1.29 is 19.1 Å². The third-order valence-corrected chi connectivity index (χ3v) is 6.90. The zero-order chi connectivity index (χ0) is 29.2. The summed E-state index contributed by atoms with van der Waals surface area (Å²) in [7, 11) is 0. The third kappa shape index (κ3) is 7.61. The molecular weight excluding hydrogens is 510 g/mol. The van der Waals surface area contributed by atoms with Crippen molar-refractivity contribution in [2.75, 3.05) is 18.1 Å². The van der Waals surface area contributed by atoms with E-state index < -0.39 is 11.9 Å². The van der Waals surface area contributed by atoms with Gasteiger partial charge in [-0.1, -0.05) is 67.8 Å². The highest BCUT2D eigenvalue weighted by Gasteiger charge is 2.15. The van der Waals surface area contributed by atoms with Crippen LogP contribution >= 0.6 is 0 Å². The molecule has 0 bridgehead atoms. The minimum absolute atomic E-state index is 0.303. The molecule has 0 aromatic heterocycles. The molecule has 4 aromatic carbocycles. The lowest BCUT2D eigenvalue weighted by Crippen LogP contribution is -2.11. The molecule has 0 spiro atoms.